The first kappa shape index (κ1) is 92.1. The molecule has 0 fully saturated rings. The van der Waals surface area contributed by atoms with Crippen LogP contribution in [0, 0.1) is 17.8 Å². The van der Waals surface area contributed by atoms with Crippen molar-refractivity contribution in [2.45, 2.75) is 401 Å². The van der Waals surface area contributed by atoms with Crippen LogP contribution < -0.4 is 0 Å². The first-order chi connectivity index (χ1) is 45.2. The molecule has 0 aliphatic heterocycles. The van der Waals surface area contributed by atoms with Crippen molar-refractivity contribution < 1.29 is 80.2 Å². The predicted octanol–water partition coefficient (Wildman–Crippen LogP) is 21.8. The Kier molecular flexibility index (Phi) is 64.3. The van der Waals surface area contributed by atoms with Crippen molar-refractivity contribution in [1.29, 1.82) is 0 Å². The highest BCUT2D eigenvalue weighted by molar-refractivity contribution is 7.47. The van der Waals surface area contributed by atoms with Gasteiger partial charge in [0.2, 0.25) is 0 Å². The molecule has 2 unspecified atom stereocenters. The second-order valence-corrected chi connectivity index (χ2v) is 31.4. The molecule has 0 radical (unpaired) electrons. The maximum Gasteiger partial charge on any atom is 0.472 e. The number of aliphatic hydroxyl groups is 1. The molecule has 558 valence electrons. The summed E-state index contributed by atoms with van der Waals surface area (Å²) >= 11 is 0. The summed E-state index contributed by atoms with van der Waals surface area (Å²) in [5, 5.41) is 10.6. The fraction of sp³-hybridized carbons (Fsp3) is 0.947. The normalized spacial score (nSPS) is 14.1. The van der Waals surface area contributed by atoms with E-state index in [2.05, 4.69) is 48.5 Å². The van der Waals surface area contributed by atoms with Crippen LogP contribution in [0.4, 0.5) is 0 Å². The second kappa shape index (κ2) is 65.7. The first-order valence-corrected chi connectivity index (χ1v) is 41.8. The fourth-order valence-corrected chi connectivity index (χ4v) is 13.0. The van der Waals surface area contributed by atoms with Gasteiger partial charge in [0.05, 0.1) is 26.4 Å². The van der Waals surface area contributed by atoms with Gasteiger partial charge in [-0.1, -0.05) is 331 Å². The smallest absolute Gasteiger partial charge is 0.462 e. The number of rotatable bonds is 73. The molecule has 0 aliphatic carbocycles. The van der Waals surface area contributed by atoms with E-state index in [9.17, 15) is 43.2 Å². The van der Waals surface area contributed by atoms with Crippen molar-refractivity contribution >= 4 is 39.5 Å². The van der Waals surface area contributed by atoms with Crippen LogP contribution >= 0.6 is 15.6 Å². The van der Waals surface area contributed by atoms with Crippen molar-refractivity contribution in [2.24, 2.45) is 17.8 Å². The Hall–Kier alpha value is -1.94. The fourth-order valence-electron chi connectivity index (χ4n) is 11.4. The number of hydrogen-bond acceptors (Lipinski definition) is 15. The minimum absolute atomic E-state index is 0.106. The zero-order valence-corrected chi connectivity index (χ0v) is 63.2. The number of carbonyl (C=O) groups is 4. The third-order valence-corrected chi connectivity index (χ3v) is 19.3. The molecule has 0 rings (SSSR count). The summed E-state index contributed by atoms with van der Waals surface area (Å²) in [6.45, 7) is 11.9. The summed E-state index contributed by atoms with van der Waals surface area (Å²) in [6.07, 6.45) is 51.3. The molecule has 0 amide bonds. The Morgan fingerprint density at radius 2 is 0.489 bits per heavy atom. The zero-order chi connectivity index (χ0) is 69.4. The van der Waals surface area contributed by atoms with Crippen molar-refractivity contribution in [3.05, 3.63) is 0 Å². The van der Waals surface area contributed by atoms with Crippen LogP contribution in [0.3, 0.4) is 0 Å². The van der Waals surface area contributed by atoms with Gasteiger partial charge in [0.25, 0.3) is 0 Å². The third-order valence-electron chi connectivity index (χ3n) is 17.4. The second-order valence-electron chi connectivity index (χ2n) is 28.5. The molecule has 0 heterocycles. The van der Waals surface area contributed by atoms with Gasteiger partial charge >= 0.3 is 39.5 Å². The standard InChI is InChI=1S/C75H146O17P2/c1-8-9-10-11-12-13-14-23-29-36-44-51-58-74(79)92-71(63-86-73(78)57-50-43-38-31-34-41-48-55-68(6)7)65-90-94(83,84)88-61-69(76)60-87-93(81,82)89-64-70(91-75(80)59-52-45-37-30-25-20-16-18-22-27-33-40-47-54-67(4)5)62-85-72(77)56-49-42-35-28-24-19-15-17-21-26-32-39-46-53-66(2)3/h66-71,76H,8-65H2,1-7H3,(H,81,82)(H,83,84)/t69-,70-,71-/m1/s1. The van der Waals surface area contributed by atoms with Gasteiger partial charge < -0.3 is 33.8 Å². The Labute approximate surface area is 575 Å². The number of ether oxygens (including phenoxy) is 4. The van der Waals surface area contributed by atoms with Crippen molar-refractivity contribution in [3.63, 3.8) is 0 Å². The van der Waals surface area contributed by atoms with Crippen molar-refractivity contribution in [1.82, 2.24) is 0 Å². The number of hydrogen-bond donors (Lipinski definition) is 3. The molecule has 17 nitrogen and oxygen atoms in total. The predicted molar refractivity (Wildman–Crippen MR) is 381 cm³/mol. The highest BCUT2D eigenvalue weighted by atomic mass is 31.2. The Morgan fingerprint density at radius 3 is 0.723 bits per heavy atom. The Balaban J connectivity index is 5.25. The van der Waals surface area contributed by atoms with Gasteiger partial charge in [-0.15, -0.1) is 0 Å². The van der Waals surface area contributed by atoms with Gasteiger partial charge in [-0.25, -0.2) is 9.13 Å². The number of aliphatic hydroxyl groups excluding tert-OH is 1. The molecule has 0 saturated carbocycles. The monoisotopic (exact) mass is 1380 g/mol. The van der Waals surface area contributed by atoms with E-state index in [1.807, 2.05) is 0 Å². The minimum Gasteiger partial charge on any atom is -0.462 e. The number of phosphoric acid groups is 2. The van der Waals surface area contributed by atoms with Gasteiger partial charge in [0.1, 0.15) is 19.3 Å². The van der Waals surface area contributed by atoms with E-state index >= 15 is 0 Å². The lowest BCUT2D eigenvalue weighted by molar-refractivity contribution is -0.161. The molecule has 0 aromatic heterocycles. The Bertz CT molecular complexity index is 1840. The molecule has 94 heavy (non-hydrogen) atoms. The van der Waals surface area contributed by atoms with E-state index in [1.165, 1.54) is 186 Å². The minimum atomic E-state index is -4.96. The molecule has 0 aromatic rings. The third kappa shape index (κ3) is 68.6. The topological polar surface area (TPSA) is 237 Å². The van der Waals surface area contributed by atoms with Gasteiger partial charge in [0.15, 0.2) is 12.2 Å². The quantitative estimate of drug-likeness (QED) is 0.0222. The lowest BCUT2D eigenvalue weighted by atomic mass is 10.0. The summed E-state index contributed by atoms with van der Waals surface area (Å²) in [5.41, 5.74) is 0. The van der Waals surface area contributed by atoms with Gasteiger partial charge in [0, 0.05) is 25.7 Å². The molecule has 5 atom stereocenters. The number of carbonyl (C=O) groups excluding carboxylic acids is 4. The van der Waals surface area contributed by atoms with Crippen molar-refractivity contribution in [2.75, 3.05) is 39.6 Å². The van der Waals surface area contributed by atoms with Crippen LogP contribution in [0.15, 0.2) is 0 Å². The number of esters is 4. The van der Waals surface area contributed by atoms with Crippen molar-refractivity contribution in [3.8, 4) is 0 Å². The summed E-state index contributed by atoms with van der Waals surface area (Å²) in [6, 6.07) is 0. The summed E-state index contributed by atoms with van der Waals surface area (Å²) < 4.78 is 68.5. The van der Waals surface area contributed by atoms with Crippen LogP contribution in [0.5, 0.6) is 0 Å². The molecule has 0 saturated heterocycles. The van der Waals surface area contributed by atoms with E-state index in [4.69, 9.17) is 37.0 Å². The van der Waals surface area contributed by atoms with Crippen LogP contribution in [0.1, 0.15) is 382 Å². The van der Waals surface area contributed by atoms with Crippen LogP contribution in [-0.4, -0.2) is 96.7 Å². The van der Waals surface area contributed by atoms with Gasteiger partial charge in [-0.2, -0.15) is 0 Å². The number of unbranched alkanes of at least 4 members (excludes halogenated alkanes) is 41. The largest absolute Gasteiger partial charge is 0.472 e. The van der Waals surface area contributed by atoms with Gasteiger partial charge in [-0.3, -0.25) is 37.3 Å². The molecule has 0 spiro atoms. The van der Waals surface area contributed by atoms with Crippen LogP contribution in [0.2, 0.25) is 0 Å². The van der Waals surface area contributed by atoms with E-state index in [1.54, 1.807) is 0 Å². The number of phosphoric ester groups is 2. The zero-order valence-electron chi connectivity index (χ0n) is 61.4. The molecule has 0 bridgehead atoms. The first-order valence-electron chi connectivity index (χ1n) is 38.8. The molecule has 3 N–H and O–H groups in total. The summed E-state index contributed by atoms with van der Waals surface area (Å²) in [7, 11) is -9.91. The molecular formula is C75H146O17P2. The SMILES string of the molecule is CCCCCCCCCCCCCCC(=O)O[C@H](COC(=O)CCCCCCCCCC(C)C)COP(=O)(O)OC[C@H](O)COP(=O)(O)OC[C@@H](COC(=O)CCCCCCCCCCCCCCCC(C)C)OC(=O)CCCCCCCCCCCCCCCC(C)C. The van der Waals surface area contributed by atoms with E-state index in [-0.39, 0.29) is 25.7 Å². The lowest BCUT2D eigenvalue weighted by Crippen LogP contribution is -2.30. The highest BCUT2D eigenvalue weighted by Crippen LogP contribution is 2.45. The maximum atomic E-state index is 13.1. The summed E-state index contributed by atoms with van der Waals surface area (Å²) in [4.78, 5) is 72.8. The summed E-state index contributed by atoms with van der Waals surface area (Å²) in [5.74, 6) is 0.164. The average molecular weight is 1380 g/mol. The molecule has 0 aromatic carbocycles. The molecular weight excluding hydrogens is 1230 g/mol. The molecule has 0 aliphatic rings. The molecule has 19 heteroatoms. The van der Waals surface area contributed by atoms with Crippen LogP contribution in [0.25, 0.3) is 0 Å². The van der Waals surface area contributed by atoms with E-state index < -0.39 is 97.5 Å². The maximum absolute atomic E-state index is 13.1. The van der Waals surface area contributed by atoms with Gasteiger partial charge in [-0.05, 0) is 43.4 Å². The Morgan fingerprint density at radius 1 is 0.287 bits per heavy atom. The van der Waals surface area contributed by atoms with Crippen LogP contribution in [-0.2, 0) is 65.4 Å². The average Bonchev–Trinajstić information content (AvgIpc) is 1.14. The van der Waals surface area contributed by atoms with E-state index in [0.29, 0.717) is 31.6 Å². The highest BCUT2D eigenvalue weighted by Gasteiger charge is 2.30. The lowest BCUT2D eigenvalue weighted by Gasteiger charge is -2.21. The van der Waals surface area contributed by atoms with E-state index in [0.717, 1.165) is 108 Å².